The van der Waals surface area contributed by atoms with Crippen molar-refractivity contribution in [2.75, 3.05) is 7.11 Å². The molecule has 1 aromatic heterocycles. The summed E-state index contributed by atoms with van der Waals surface area (Å²) in [5.41, 5.74) is -0.508. The van der Waals surface area contributed by atoms with Crippen molar-refractivity contribution >= 4 is 45.8 Å². The van der Waals surface area contributed by atoms with Crippen LogP contribution < -0.4 is 15.1 Å². The van der Waals surface area contributed by atoms with Crippen molar-refractivity contribution < 1.29 is 13.9 Å². The molecule has 100 valence electrons. The van der Waals surface area contributed by atoms with Crippen molar-refractivity contribution in [3.8, 4) is 11.5 Å². The van der Waals surface area contributed by atoms with Crippen LogP contribution in [0.2, 0.25) is 5.02 Å². The first-order valence-corrected chi connectivity index (χ1v) is 6.57. The number of benzene rings is 1. The summed E-state index contributed by atoms with van der Waals surface area (Å²) in [6.07, 6.45) is 0. The lowest BCUT2D eigenvalue weighted by Gasteiger charge is -2.11. The van der Waals surface area contributed by atoms with Crippen molar-refractivity contribution in [3.05, 3.63) is 33.1 Å². The summed E-state index contributed by atoms with van der Waals surface area (Å²) in [6.45, 7) is 0. The first-order valence-electron chi connectivity index (χ1n) is 5.32. The van der Waals surface area contributed by atoms with Crippen molar-refractivity contribution in [1.82, 2.24) is 0 Å². The number of hydrogen-bond acceptors (Lipinski definition) is 4. The third kappa shape index (κ3) is 1.78. The smallest absolute Gasteiger partial charge is 0.336 e. The van der Waals surface area contributed by atoms with E-state index in [1.54, 1.807) is 6.07 Å². The number of fused-ring (bicyclic) bond motifs is 2. The van der Waals surface area contributed by atoms with Gasteiger partial charge in [0, 0.05) is 17.0 Å². The van der Waals surface area contributed by atoms with Gasteiger partial charge in [-0.05, 0) is 6.07 Å². The number of alkyl halides is 2. The largest absolute Gasteiger partial charge is 0.490 e. The molecule has 1 aliphatic rings. The molecule has 0 radical (unpaired) electrons. The molecule has 2 atom stereocenters. The van der Waals surface area contributed by atoms with Gasteiger partial charge in [0.25, 0.3) is 0 Å². The SMILES string of the molecule is COc1c2c(c(Cl)c3ccc(=O)oc13)C(Cl)C(Cl)O2. The summed E-state index contributed by atoms with van der Waals surface area (Å²) in [5, 5.41) is 0.268. The summed E-state index contributed by atoms with van der Waals surface area (Å²) in [7, 11) is 1.43. The fourth-order valence-electron chi connectivity index (χ4n) is 2.08. The molecular weight excluding hydrogens is 314 g/mol. The van der Waals surface area contributed by atoms with Crippen LogP contribution in [0.1, 0.15) is 10.9 Å². The molecule has 19 heavy (non-hydrogen) atoms. The molecule has 7 heteroatoms. The van der Waals surface area contributed by atoms with Crippen molar-refractivity contribution in [1.29, 1.82) is 0 Å². The summed E-state index contributed by atoms with van der Waals surface area (Å²) >= 11 is 18.4. The zero-order valence-electron chi connectivity index (χ0n) is 9.58. The number of methoxy groups -OCH3 is 1. The molecule has 1 aromatic carbocycles. The Bertz CT molecular complexity index is 725. The maximum atomic E-state index is 11.3. The molecular formula is C12H7Cl3O4. The van der Waals surface area contributed by atoms with E-state index in [1.807, 2.05) is 0 Å². The lowest BCUT2D eigenvalue weighted by atomic mass is 10.1. The molecule has 0 amide bonds. The summed E-state index contributed by atoms with van der Waals surface area (Å²) in [5.74, 6) is 0.579. The van der Waals surface area contributed by atoms with E-state index in [9.17, 15) is 4.79 Å². The van der Waals surface area contributed by atoms with E-state index >= 15 is 0 Å². The van der Waals surface area contributed by atoms with Gasteiger partial charge in [-0.3, -0.25) is 0 Å². The van der Waals surface area contributed by atoms with Crippen LogP contribution in [-0.2, 0) is 0 Å². The molecule has 0 saturated carbocycles. The quantitative estimate of drug-likeness (QED) is 0.593. The van der Waals surface area contributed by atoms with Crippen LogP contribution >= 0.6 is 34.8 Å². The Kier molecular flexibility index (Phi) is 3.04. The Morgan fingerprint density at radius 1 is 1.32 bits per heavy atom. The van der Waals surface area contributed by atoms with Crippen LogP contribution in [-0.4, -0.2) is 12.7 Å². The van der Waals surface area contributed by atoms with E-state index in [1.165, 1.54) is 13.2 Å². The molecule has 2 aromatic rings. The summed E-state index contributed by atoms with van der Waals surface area (Å²) in [6, 6.07) is 2.83. The highest BCUT2D eigenvalue weighted by Crippen LogP contribution is 2.54. The number of halogens is 3. The molecule has 0 spiro atoms. The van der Waals surface area contributed by atoms with Gasteiger partial charge in [-0.15, -0.1) is 11.6 Å². The van der Waals surface area contributed by atoms with Crippen molar-refractivity contribution in [3.63, 3.8) is 0 Å². The fourth-order valence-corrected chi connectivity index (χ4v) is 2.96. The summed E-state index contributed by atoms with van der Waals surface area (Å²) in [4.78, 5) is 11.3. The average molecular weight is 322 g/mol. The fraction of sp³-hybridized carbons (Fsp3) is 0.250. The molecule has 2 heterocycles. The van der Waals surface area contributed by atoms with E-state index < -0.39 is 16.6 Å². The second-order valence-electron chi connectivity index (χ2n) is 3.96. The molecule has 0 saturated heterocycles. The van der Waals surface area contributed by atoms with Crippen LogP contribution in [0.4, 0.5) is 0 Å². The Morgan fingerprint density at radius 2 is 2.05 bits per heavy atom. The Labute approximate surface area is 122 Å². The third-order valence-corrected chi connectivity index (χ3v) is 4.23. The maximum Gasteiger partial charge on any atom is 0.336 e. The third-order valence-electron chi connectivity index (χ3n) is 2.90. The van der Waals surface area contributed by atoms with Crippen LogP contribution in [0.25, 0.3) is 11.0 Å². The second kappa shape index (κ2) is 4.47. The first kappa shape index (κ1) is 12.9. The molecule has 1 aliphatic heterocycles. The molecule has 0 bridgehead atoms. The van der Waals surface area contributed by atoms with Crippen LogP contribution in [0, 0.1) is 0 Å². The van der Waals surface area contributed by atoms with Crippen molar-refractivity contribution in [2.45, 2.75) is 10.9 Å². The van der Waals surface area contributed by atoms with Gasteiger partial charge in [0.2, 0.25) is 5.75 Å². The number of rotatable bonds is 1. The van der Waals surface area contributed by atoms with E-state index in [2.05, 4.69) is 0 Å². The highest BCUT2D eigenvalue weighted by molar-refractivity contribution is 6.39. The summed E-state index contributed by atoms with van der Waals surface area (Å²) < 4.78 is 15.8. The molecule has 3 rings (SSSR count). The molecule has 2 unspecified atom stereocenters. The standard InChI is InChI=1S/C12H7Cl3O4/c1-17-11-9-4(2-3-5(16)18-9)7(13)6-8(14)12(15)19-10(6)11/h2-3,8,12H,1H3. The van der Waals surface area contributed by atoms with Crippen LogP contribution in [0.5, 0.6) is 11.5 Å². The Morgan fingerprint density at radius 3 is 2.74 bits per heavy atom. The Hall–Kier alpha value is -1.10. The Balaban J connectivity index is 2.47. The number of hydrogen-bond donors (Lipinski definition) is 0. The normalized spacial score (nSPS) is 21.3. The average Bonchev–Trinajstić information content (AvgIpc) is 2.66. The highest BCUT2D eigenvalue weighted by atomic mass is 35.5. The van der Waals surface area contributed by atoms with Gasteiger partial charge >= 0.3 is 5.63 Å². The van der Waals surface area contributed by atoms with Gasteiger partial charge in [0.1, 0.15) is 5.38 Å². The predicted octanol–water partition coefficient (Wildman–Crippen LogP) is 3.69. The van der Waals surface area contributed by atoms with Crippen molar-refractivity contribution in [2.24, 2.45) is 0 Å². The van der Waals surface area contributed by atoms with Crippen LogP contribution in [0.3, 0.4) is 0 Å². The lowest BCUT2D eigenvalue weighted by molar-refractivity contribution is 0.292. The molecule has 0 fully saturated rings. The maximum absolute atomic E-state index is 11.3. The van der Waals surface area contributed by atoms with Crippen LogP contribution in [0.15, 0.2) is 21.3 Å². The lowest BCUT2D eigenvalue weighted by Crippen LogP contribution is -2.05. The second-order valence-corrected chi connectivity index (χ2v) is 5.24. The van der Waals surface area contributed by atoms with Gasteiger partial charge in [-0.2, -0.15) is 0 Å². The van der Waals surface area contributed by atoms with Gasteiger partial charge < -0.3 is 13.9 Å². The molecule has 0 aliphatic carbocycles. The number of ether oxygens (including phenoxy) is 2. The predicted molar refractivity (Wildman–Crippen MR) is 72.9 cm³/mol. The van der Waals surface area contributed by atoms with E-state index in [0.717, 1.165) is 0 Å². The minimum Gasteiger partial charge on any atom is -0.490 e. The highest BCUT2D eigenvalue weighted by Gasteiger charge is 2.38. The van der Waals surface area contributed by atoms with E-state index in [4.69, 9.17) is 48.7 Å². The molecule has 0 N–H and O–H groups in total. The topological polar surface area (TPSA) is 48.7 Å². The van der Waals surface area contributed by atoms with E-state index in [0.29, 0.717) is 21.7 Å². The van der Waals surface area contributed by atoms with Gasteiger partial charge in [-0.25, -0.2) is 4.79 Å². The zero-order valence-corrected chi connectivity index (χ0v) is 11.8. The minimum atomic E-state index is -0.758. The van der Waals surface area contributed by atoms with Gasteiger partial charge in [-0.1, -0.05) is 23.2 Å². The van der Waals surface area contributed by atoms with Gasteiger partial charge in [0.05, 0.1) is 12.1 Å². The van der Waals surface area contributed by atoms with Gasteiger partial charge in [0.15, 0.2) is 16.9 Å². The first-order chi connectivity index (χ1) is 9.04. The van der Waals surface area contributed by atoms with E-state index in [-0.39, 0.29) is 11.3 Å². The zero-order chi connectivity index (χ0) is 13.7. The minimum absolute atomic E-state index is 0.216. The monoisotopic (exact) mass is 320 g/mol. The molecule has 4 nitrogen and oxygen atoms in total.